The molecule has 21 heavy (non-hydrogen) atoms. The van der Waals surface area contributed by atoms with E-state index in [1.54, 1.807) is 6.07 Å². The molecule has 0 aliphatic carbocycles. The van der Waals surface area contributed by atoms with E-state index >= 15 is 0 Å². The molecule has 0 N–H and O–H groups in total. The lowest BCUT2D eigenvalue weighted by atomic mass is 9.92. The number of hydrogen-bond donors (Lipinski definition) is 0. The Labute approximate surface area is 124 Å². The van der Waals surface area contributed by atoms with E-state index in [9.17, 15) is 4.39 Å². The summed E-state index contributed by atoms with van der Waals surface area (Å²) in [6, 6.07) is 9.50. The number of piperidine rings is 1. The first-order valence-electron chi connectivity index (χ1n) is 7.72. The number of fused-ring (bicyclic) bond motifs is 2. The largest absolute Gasteiger partial charge is 0.352 e. The van der Waals surface area contributed by atoms with Crippen LogP contribution >= 0.6 is 0 Å². The average Bonchev–Trinajstić information content (AvgIpc) is 2.89. The number of nitrogens with zero attached hydrogens (tertiary/aromatic N) is 3. The fourth-order valence-corrected chi connectivity index (χ4v) is 3.82. The molecule has 110 valence electrons. The molecule has 0 bridgehead atoms. The van der Waals surface area contributed by atoms with Gasteiger partial charge in [-0.25, -0.2) is 9.37 Å². The molecule has 0 unspecified atom stereocenters. The summed E-state index contributed by atoms with van der Waals surface area (Å²) in [4.78, 5) is 9.53. The fraction of sp³-hybridized carbons (Fsp3) is 0.471. The SMILES string of the molecule is CN1CC[C@H]2CCN(c3ccc4ccc(F)cc4n3)[C@@H]2C1. The summed E-state index contributed by atoms with van der Waals surface area (Å²) in [5.74, 6) is 1.56. The first-order valence-corrected chi connectivity index (χ1v) is 7.72. The van der Waals surface area contributed by atoms with Gasteiger partial charge >= 0.3 is 0 Å². The lowest BCUT2D eigenvalue weighted by molar-refractivity contribution is 0.208. The fourth-order valence-electron chi connectivity index (χ4n) is 3.82. The molecule has 3 nitrogen and oxygen atoms in total. The zero-order valence-electron chi connectivity index (χ0n) is 12.3. The number of aromatic nitrogens is 1. The van der Waals surface area contributed by atoms with Crippen molar-refractivity contribution in [1.29, 1.82) is 0 Å². The number of halogens is 1. The third-order valence-electron chi connectivity index (χ3n) is 5.00. The molecule has 0 spiro atoms. The highest BCUT2D eigenvalue weighted by Gasteiger charge is 2.37. The highest BCUT2D eigenvalue weighted by molar-refractivity contribution is 5.80. The molecule has 4 heteroatoms. The summed E-state index contributed by atoms with van der Waals surface area (Å²) in [5, 5.41) is 0.997. The Morgan fingerprint density at radius 2 is 1.95 bits per heavy atom. The minimum absolute atomic E-state index is 0.219. The summed E-state index contributed by atoms with van der Waals surface area (Å²) >= 11 is 0. The molecule has 0 saturated carbocycles. The molecular formula is C17H20FN3. The molecule has 0 radical (unpaired) electrons. The molecule has 3 heterocycles. The van der Waals surface area contributed by atoms with Gasteiger partial charge in [0.1, 0.15) is 11.6 Å². The predicted octanol–water partition coefficient (Wildman–Crippen LogP) is 2.90. The van der Waals surface area contributed by atoms with Gasteiger partial charge in [0.05, 0.1) is 5.52 Å². The zero-order valence-corrected chi connectivity index (χ0v) is 12.3. The average molecular weight is 285 g/mol. The summed E-state index contributed by atoms with van der Waals surface area (Å²) in [7, 11) is 2.19. The lowest BCUT2D eigenvalue weighted by Crippen LogP contribution is -2.46. The second-order valence-electron chi connectivity index (χ2n) is 6.37. The highest BCUT2D eigenvalue weighted by Crippen LogP contribution is 2.34. The van der Waals surface area contributed by atoms with Crippen molar-refractivity contribution in [2.45, 2.75) is 18.9 Å². The molecule has 1 aromatic carbocycles. The van der Waals surface area contributed by atoms with Crippen LogP contribution in [0.15, 0.2) is 30.3 Å². The smallest absolute Gasteiger partial charge is 0.129 e. The molecule has 2 saturated heterocycles. The Morgan fingerprint density at radius 3 is 2.86 bits per heavy atom. The van der Waals surface area contributed by atoms with Crippen LogP contribution in [0.1, 0.15) is 12.8 Å². The molecule has 0 amide bonds. The summed E-state index contributed by atoms with van der Waals surface area (Å²) < 4.78 is 13.4. The van der Waals surface area contributed by atoms with Crippen molar-refractivity contribution in [3.8, 4) is 0 Å². The van der Waals surface area contributed by atoms with Gasteiger partial charge in [0, 0.05) is 30.6 Å². The minimum Gasteiger partial charge on any atom is -0.352 e. The third-order valence-corrected chi connectivity index (χ3v) is 5.00. The van der Waals surface area contributed by atoms with Gasteiger partial charge in [-0.05, 0) is 56.6 Å². The summed E-state index contributed by atoms with van der Waals surface area (Å²) in [5.41, 5.74) is 0.750. The van der Waals surface area contributed by atoms with Gasteiger partial charge < -0.3 is 9.80 Å². The number of rotatable bonds is 1. The van der Waals surface area contributed by atoms with Gasteiger partial charge in [-0.15, -0.1) is 0 Å². The first kappa shape index (κ1) is 13.0. The van der Waals surface area contributed by atoms with Gasteiger partial charge in [-0.1, -0.05) is 0 Å². The third kappa shape index (κ3) is 2.27. The number of likely N-dealkylation sites (tertiary alicyclic amines) is 1. The first-order chi connectivity index (χ1) is 10.2. The predicted molar refractivity (Wildman–Crippen MR) is 83.1 cm³/mol. The number of pyridine rings is 1. The van der Waals surface area contributed by atoms with E-state index < -0.39 is 0 Å². The van der Waals surface area contributed by atoms with Crippen molar-refractivity contribution in [2.75, 3.05) is 31.6 Å². The van der Waals surface area contributed by atoms with E-state index in [4.69, 9.17) is 4.98 Å². The van der Waals surface area contributed by atoms with Crippen molar-refractivity contribution in [3.63, 3.8) is 0 Å². The zero-order chi connectivity index (χ0) is 14.4. The Bertz CT molecular complexity index is 672. The summed E-state index contributed by atoms with van der Waals surface area (Å²) in [6.07, 6.45) is 2.53. The Morgan fingerprint density at radius 1 is 1.14 bits per heavy atom. The van der Waals surface area contributed by atoms with E-state index in [0.29, 0.717) is 6.04 Å². The molecular weight excluding hydrogens is 265 g/mol. The maximum atomic E-state index is 13.4. The molecule has 2 atom stereocenters. The second-order valence-corrected chi connectivity index (χ2v) is 6.37. The minimum atomic E-state index is -0.219. The maximum absolute atomic E-state index is 13.4. The van der Waals surface area contributed by atoms with Crippen molar-refractivity contribution in [1.82, 2.24) is 9.88 Å². The topological polar surface area (TPSA) is 19.4 Å². The van der Waals surface area contributed by atoms with Crippen LogP contribution in [0.3, 0.4) is 0 Å². The second kappa shape index (κ2) is 4.95. The van der Waals surface area contributed by atoms with Crippen molar-refractivity contribution >= 4 is 16.7 Å². The quantitative estimate of drug-likeness (QED) is 0.803. The van der Waals surface area contributed by atoms with Crippen LogP contribution in [0, 0.1) is 11.7 Å². The van der Waals surface area contributed by atoms with E-state index in [-0.39, 0.29) is 5.82 Å². The van der Waals surface area contributed by atoms with E-state index in [0.717, 1.165) is 35.7 Å². The summed E-state index contributed by atoms with van der Waals surface area (Å²) in [6.45, 7) is 3.37. The molecule has 2 aromatic rings. The van der Waals surface area contributed by atoms with Crippen molar-refractivity contribution in [2.24, 2.45) is 5.92 Å². The van der Waals surface area contributed by atoms with Gasteiger partial charge in [0.15, 0.2) is 0 Å². The van der Waals surface area contributed by atoms with Crippen LogP contribution in [0.5, 0.6) is 0 Å². The van der Waals surface area contributed by atoms with Crippen LogP contribution in [-0.4, -0.2) is 42.6 Å². The molecule has 2 aliphatic heterocycles. The Hall–Kier alpha value is -1.68. The van der Waals surface area contributed by atoms with E-state index in [1.165, 1.54) is 31.5 Å². The number of hydrogen-bond acceptors (Lipinski definition) is 3. The molecule has 1 aromatic heterocycles. The van der Waals surface area contributed by atoms with Gasteiger partial charge in [0.25, 0.3) is 0 Å². The highest BCUT2D eigenvalue weighted by atomic mass is 19.1. The molecule has 4 rings (SSSR count). The Balaban J connectivity index is 1.69. The molecule has 2 aliphatic rings. The van der Waals surface area contributed by atoms with Crippen LogP contribution in [-0.2, 0) is 0 Å². The Kier molecular flexibility index (Phi) is 3.07. The number of likely N-dealkylation sites (N-methyl/N-ethyl adjacent to an activating group) is 1. The van der Waals surface area contributed by atoms with E-state index in [2.05, 4.69) is 29.0 Å². The van der Waals surface area contributed by atoms with Gasteiger partial charge in [-0.2, -0.15) is 0 Å². The van der Waals surface area contributed by atoms with Crippen molar-refractivity contribution < 1.29 is 4.39 Å². The number of benzene rings is 1. The standard InChI is InChI=1S/C17H20FN3/c1-20-8-6-13-7-9-21(16(13)11-20)17-5-3-12-2-4-14(18)10-15(12)19-17/h2-5,10,13,16H,6-9,11H2,1H3/t13-,16+/m0/s1. The van der Waals surface area contributed by atoms with Crippen LogP contribution in [0.2, 0.25) is 0 Å². The van der Waals surface area contributed by atoms with E-state index in [1.807, 2.05) is 0 Å². The van der Waals surface area contributed by atoms with Crippen molar-refractivity contribution in [3.05, 3.63) is 36.1 Å². The number of anilines is 1. The monoisotopic (exact) mass is 285 g/mol. The van der Waals surface area contributed by atoms with Gasteiger partial charge in [0.2, 0.25) is 0 Å². The van der Waals surface area contributed by atoms with Crippen LogP contribution in [0.4, 0.5) is 10.2 Å². The maximum Gasteiger partial charge on any atom is 0.129 e. The van der Waals surface area contributed by atoms with Crippen LogP contribution in [0.25, 0.3) is 10.9 Å². The lowest BCUT2D eigenvalue weighted by Gasteiger charge is -2.37. The normalized spacial score (nSPS) is 26.3. The molecule has 2 fully saturated rings. The van der Waals surface area contributed by atoms with Crippen LogP contribution < -0.4 is 4.90 Å². The van der Waals surface area contributed by atoms with Gasteiger partial charge in [-0.3, -0.25) is 0 Å².